The average molecular weight is 234 g/mol. The van der Waals surface area contributed by atoms with E-state index >= 15 is 0 Å². The second kappa shape index (κ2) is 4.12. The Morgan fingerprint density at radius 1 is 1.29 bits per heavy atom. The lowest BCUT2D eigenvalue weighted by molar-refractivity contribution is 0.0518. The van der Waals surface area contributed by atoms with E-state index < -0.39 is 5.97 Å². The predicted octanol–water partition coefficient (Wildman–Crippen LogP) is 1.16. The lowest BCUT2D eigenvalue weighted by atomic mass is 10.3. The van der Waals surface area contributed by atoms with Gasteiger partial charge in [-0.25, -0.2) is 19.4 Å². The molecule has 2 rings (SSSR count). The quantitative estimate of drug-likeness (QED) is 0.729. The number of nitrogens with zero attached hydrogens (tertiary/aromatic N) is 4. The Morgan fingerprint density at radius 2 is 2.00 bits per heavy atom. The van der Waals surface area contributed by atoms with Gasteiger partial charge in [-0.05, 0) is 20.8 Å². The topological polar surface area (TPSA) is 69.9 Å². The molecule has 0 aliphatic heterocycles. The largest absolute Gasteiger partial charge is 0.461 e. The maximum Gasteiger partial charge on any atom is 0.358 e. The number of esters is 1. The zero-order chi connectivity index (χ0) is 12.6. The number of fused-ring (bicyclic) bond motifs is 1. The van der Waals surface area contributed by atoms with Crippen LogP contribution in [0.15, 0.2) is 0 Å². The van der Waals surface area contributed by atoms with Crippen molar-refractivity contribution in [3.05, 3.63) is 17.1 Å². The molecule has 0 spiro atoms. The first-order valence-electron chi connectivity index (χ1n) is 5.39. The van der Waals surface area contributed by atoms with E-state index in [1.807, 2.05) is 6.92 Å². The summed E-state index contributed by atoms with van der Waals surface area (Å²) in [6, 6.07) is 0. The predicted molar refractivity (Wildman–Crippen MR) is 61.7 cm³/mol. The molecule has 0 radical (unpaired) electrons. The molecular weight excluding hydrogens is 220 g/mol. The number of carbonyl (C=O) groups excluding carboxylic acids is 1. The maximum absolute atomic E-state index is 11.7. The van der Waals surface area contributed by atoms with E-state index in [2.05, 4.69) is 15.1 Å². The molecule has 0 amide bonds. The van der Waals surface area contributed by atoms with Crippen molar-refractivity contribution in [2.45, 2.75) is 20.8 Å². The summed E-state index contributed by atoms with van der Waals surface area (Å²) in [6.45, 7) is 5.65. The van der Waals surface area contributed by atoms with Crippen molar-refractivity contribution in [2.24, 2.45) is 7.05 Å². The summed E-state index contributed by atoms with van der Waals surface area (Å²) in [5.41, 5.74) is 2.88. The Morgan fingerprint density at radius 3 is 2.65 bits per heavy atom. The second-order valence-corrected chi connectivity index (χ2v) is 3.76. The minimum Gasteiger partial charge on any atom is -0.461 e. The van der Waals surface area contributed by atoms with E-state index in [1.165, 1.54) is 0 Å². The van der Waals surface area contributed by atoms with Crippen LogP contribution in [0.2, 0.25) is 0 Å². The molecule has 2 aromatic heterocycles. The average Bonchev–Trinajstić information content (AvgIpc) is 2.53. The highest BCUT2D eigenvalue weighted by Gasteiger charge is 2.17. The molecule has 0 bridgehead atoms. The Kier molecular flexibility index (Phi) is 2.79. The third kappa shape index (κ3) is 1.86. The molecule has 0 aliphatic rings. The maximum atomic E-state index is 11.7. The summed E-state index contributed by atoms with van der Waals surface area (Å²) in [5.74, 6) is -0.442. The van der Waals surface area contributed by atoms with Crippen LogP contribution in [0.3, 0.4) is 0 Å². The van der Waals surface area contributed by atoms with Gasteiger partial charge in [-0.3, -0.25) is 0 Å². The first kappa shape index (κ1) is 11.5. The van der Waals surface area contributed by atoms with Gasteiger partial charge < -0.3 is 4.74 Å². The molecule has 0 aliphatic carbocycles. The third-order valence-electron chi connectivity index (χ3n) is 2.47. The number of hydrogen-bond acceptors (Lipinski definition) is 5. The molecule has 0 saturated carbocycles. The SMILES string of the molecule is CCOC(=O)c1nc2c(C)nn(C)c2nc1C. The molecule has 2 aromatic rings. The third-order valence-corrected chi connectivity index (χ3v) is 2.47. The van der Waals surface area contributed by atoms with Gasteiger partial charge in [-0.2, -0.15) is 5.10 Å². The summed E-state index contributed by atoms with van der Waals surface area (Å²) in [7, 11) is 1.80. The molecule has 0 unspecified atom stereocenters. The molecule has 90 valence electrons. The highest BCUT2D eigenvalue weighted by Crippen LogP contribution is 2.15. The molecule has 17 heavy (non-hydrogen) atoms. The normalized spacial score (nSPS) is 10.8. The highest BCUT2D eigenvalue weighted by molar-refractivity contribution is 5.90. The molecular formula is C11H14N4O2. The van der Waals surface area contributed by atoms with Gasteiger partial charge in [0.05, 0.1) is 18.0 Å². The number of aromatic nitrogens is 4. The van der Waals surface area contributed by atoms with Crippen LogP contribution < -0.4 is 0 Å². The van der Waals surface area contributed by atoms with Crippen molar-refractivity contribution in [3.63, 3.8) is 0 Å². The molecule has 0 fully saturated rings. The fourth-order valence-corrected chi connectivity index (χ4v) is 1.69. The molecule has 0 aromatic carbocycles. The van der Waals surface area contributed by atoms with Crippen LogP contribution in [0.5, 0.6) is 0 Å². The van der Waals surface area contributed by atoms with Crippen LogP contribution in [0.1, 0.15) is 28.8 Å². The first-order valence-corrected chi connectivity index (χ1v) is 5.39. The van der Waals surface area contributed by atoms with E-state index in [-0.39, 0.29) is 5.69 Å². The molecule has 2 heterocycles. The standard InChI is InChI=1S/C11H14N4O2/c1-5-17-11(16)9-6(2)12-10-8(13-9)7(3)14-15(10)4/h5H2,1-4H3. The van der Waals surface area contributed by atoms with Crippen molar-refractivity contribution in [1.82, 2.24) is 19.7 Å². The Bertz CT molecular complexity index is 589. The lowest BCUT2D eigenvalue weighted by Gasteiger charge is -2.04. The van der Waals surface area contributed by atoms with Gasteiger partial charge in [-0.1, -0.05) is 0 Å². The first-order chi connectivity index (χ1) is 8.04. The fraction of sp³-hybridized carbons (Fsp3) is 0.455. The summed E-state index contributed by atoms with van der Waals surface area (Å²) in [6.07, 6.45) is 0. The van der Waals surface area contributed by atoms with Crippen LogP contribution in [0.25, 0.3) is 11.2 Å². The summed E-state index contributed by atoms with van der Waals surface area (Å²) in [5, 5.41) is 4.22. The number of rotatable bonds is 2. The Hall–Kier alpha value is -1.98. The van der Waals surface area contributed by atoms with E-state index in [9.17, 15) is 4.79 Å². The number of carbonyl (C=O) groups is 1. The van der Waals surface area contributed by atoms with Gasteiger partial charge in [0.25, 0.3) is 0 Å². The van der Waals surface area contributed by atoms with Crippen molar-refractivity contribution in [1.29, 1.82) is 0 Å². The van der Waals surface area contributed by atoms with Crippen molar-refractivity contribution >= 4 is 17.1 Å². The zero-order valence-electron chi connectivity index (χ0n) is 10.3. The van der Waals surface area contributed by atoms with E-state index in [0.29, 0.717) is 23.5 Å². The van der Waals surface area contributed by atoms with E-state index in [0.717, 1.165) is 5.69 Å². The van der Waals surface area contributed by atoms with Crippen LogP contribution in [0, 0.1) is 13.8 Å². The smallest absolute Gasteiger partial charge is 0.358 e. The fourth-order valence-electron chi connectivity index (χ4n) is 1.69. The van der Waals surface area contributed by atoms with E-state index in [4.69, 9.17) is 4.74 Å². The van der Waals surface area contributed by atoms with Gasteiger partial charge in [0, 0.05) is 7.05 Å². The molecule has 0 saturated heterocycles. The zero-order valence-corrected chi connectivity index (χ0v) is 10.3. The Balaban J connectivity index is 2.62. The molecule has 6 heteroatoms. The number of ether oxygens (including phenoxy) is 1. The summed E-state index contributed by atoms with van der Waals surface area (Å²) >= 11 is 0. The van der Waals surface area contributed by atoms with E-state index in [1.54, 1.807) is 25.6 Å². The van der Waals surface area contributed by atoms with Crippen LogP contribution in [-0.2, 0) is 11.8 Å². The van der Waals surface area contributed by atoms with Gasteiger partial charge in [0.1, 0.15) is 5.52 Å². The van der Waals surface area contributed by atoms with Crippen molar-refractivity contribution in [3.8, 4) is 0 Å². The van der Waals surface area contributed by atoms with Crippen molar-refractivity contribution in [2.75, 3.05) is 6.61 Å². The number of aryl methyl sites for hydroxylation is 3. The minimum atomic E-state index is -0.442. The van der Waals surface area contributed by atoms with Gasteiger partial charge >= 0.3 is 5.97 Å². The number of hydrogen-bond donors (Lipinski definition) is 0. The highest BCUT2D eigenvalue weighted by atomic mass is 16.5. The molecule has 0 N–H and O–H groups in total. The monoisotopic (exact) mass is 234 g/mol. The lowest BCUT2D eigenvalue weighted by Crippen LogP contribution is -2.11. The van der Waals surface area contributed by atoms with Crippen LogP contribution in [-0.4, -0.2) is 32.3 Å². The van der Waals surface area contributed by atoms with Gasteiger partial charge in [0.2, 0.25) is 0 Å². The molecule has 0 atom stereocenters. The van der Waals surface area contributed by atoms with Crippen LogP contribution in [0.4, 0.5) is 0 Å². The second-order valence-electron chi connectivity index (χ2n) is 3.76. The Labute approximate surface area is 98.6 Å². The summed E-state index contributed by atoms with van der Waals surface area (Å²) in [4.78, 5) is 20.3. The van der Waals surface area contributed by atoms with Crippen LogP contribution >= 0.6 is 0 Å². The van der Waals surface area contributed by atoms with Gasteiger partial charge in [0.15, 0.2) is 11.3 Å². The van der Waals surface area contributed by atoms with Crippen molar-refractivity contribution < 1.29 is 9.53 Å². The minimum absolute atomic E-state index is 0.260. The molecule has 6 nitrogen and oxygen atoms in total. The van der Waals surface area contributed by atoms with Gasteiger partial charge in [-0.15, -0.1) is 0 Å². The summed E-state index contributed by atoms with van der Waals surface area (Å²) < 4.78 is 6.59.